The number of benzene rings is 3. The van der Waals surface area contributed by atoms with Crippen LogP contribution in [-0.2, 0) is 0 Å². The summed E-state index contributed by atoms with van der Waals surface area (Å²) in [6.07, 6.45) is 0.0452. The first-order valence-electron chi connectivity index (χ1n) is 8.11. The van der Waals surface area contributed by atoms with E-state index in [0.717, 1.165) is 17.1 Å². The molecular formula is C21H19N3. The van der Waals surface area contributed by atoms with E-state index in [9.17, 15) is 0 Å². The molecule has 0 aliphatic carbocycles. The Morgan fingerprint density at radius 2 is 1.25 bits per heavy atom. The third-order valence-electron chi connectivity index (χ3n) is 4.29. The van der Waals surface area contributed by atoms with Crippen molar-refractivity contribution in [2.45, 2.75) is 6.17 Å². The highest BCUT2D eigenvalue weighted by Gasteiger charge is 2.34. The van der Waals surface area contributed by atoms with E-state index in [0.29, 0.717) is 0 Å². The van der Waals surface area contributed by atoms with Crippen LogP contribution in [-0.4, -0.2) is 17.8 Å². The molecule has 0 spiro atoms. The highest BCUT2D eigenvalue weighted by molar-refractivity contribution is 6.01. The van der Waals surface area contributed by atoms with Gasteiger partial charge in [0.25, 0.3) is 0 Å². The van der Waals surface area contributed by atoms with Crippen molar-refractivity contribution in [3.63, 3.8) is 0 Å². The maximum Gasteiger partial charge on any atom is 0.158 e. The Balaban J connectivity index is 1.81. The Morgan fingerprint density at radius 3 is 1.88 bits per heavy atom. The average molecular weight is 313 g/mol. The van der Waals surface area contributed by atoms with Gasteiger partial charge in [0.1, 0.15) is 0 Å². The largest absolute Gasteiger partial charge is 0.332 e. The predicted molar refractivity (Wildman–Crippen MR) is 98.8 cm³/mol. The van der Waals surface area contributed by atoms with Crippen molar-refractivity contribution in [2.75, 3.05) is 12.1 Å². The minimum atomic E-state index is 0.0452. The van der Waals surface area contributed by atoms with Crippen LogP contribution >= 0.6 is 0 Å². The number of amidine groups is 1. The molecule has 0 aromatic heterocycles. The van der Waals surface area contributed by atoms with E-state index >= 15 is 0 Å². The summed E-state index contributed by atoms with van der Waals surface area (Å²) in [5, 5.41) is 7.04. The first-order chi connectivity index (χ1) is 11.8. The zero-order valence-corrected chi connectivity index (χ0v) is 13.6. The number of rotatable bonds is 3. The molecule has 1 aliphatic heterocycles. The molecule has 0 N–H and O–H groups in total. The summed E-state index contributed by atoms with van der Waals surface area (Å²) in [4.78, 5) is 2.23. The Hall–Kier alpha value is -3.07. The quantitative estimate of drug-likeness (QED) is 0.709. The maximum absolute atomic E-state index is 4.94. The van der Waals surface area contributed by atoms with Gasteiger partial charge in [-0.05, 0) is 17.7 Å². The molecule has 4 rings (SSSR count). The SMILES string of the molecule is CN1C(c2ccccc2)=NN(c2ccccc2)C1c1ccccc1. The monoisotopic (exact) mass is 313 g/mol. The number of nitrogens with zero attached hydrogens (tertiary/aromatic N) is 3. The summed E-state index contributed by atoms with van der Waals surface area (Å²) < 4.78 is 0. The van der Waals surface area contributed by atoms with Gasteiger partial charge in [-0.15, -0.1) is 0 Å². The first-order valence-corrected chi connectivity index (χ1v) is 8.11. The second-order valence-corrected chi connectivity index (χ2v) is 5.87. The second kappa shape index (κ2) is 6.20. The summed E-state index contributed by atoms with van der Waals surface area (Å²) in [7, 11) is 2.10. The van der Waals surface area contributed by atoms with Crippen molar-refractivity contribution < 1.29 is 0 Å². The fourth-order valence-electron chi connectivity index (χ4n) is 3.13. The summed E-state index contributed by atoms with van der Waals surface area (Å²) in [5.74, 6) is 0.980. The molecule has 1 atom stereocenters. The van der Waals surface area contributed by atoms with Crippen LogP contribution in [0.15, 0.2) is 96.1 Å². The van der Waals surface area contributed by atoms with Gasteiger partial charge in [0.15, 0.2) is 12.0 Å². The lowest BCUT2D eigenvalue weighted by molar-refractivity contribution is 0.398. The Kier molecular flexibility index (Phi) is 3.75. The van der Waals surface area contributed by atoms with Crippen LogP contribution in [0.5, 0.6) is 0 Å². The second-order valence-electron chi connectivity index (χ2n) is 5.87. The molecule has 0 saturated carbocycles. The lowest BCUT2D eigenvalue weighted by Gasteiger charge is -2.29. The predicted octanol–water partition coefficient (Wildman–Crippen LogP) is 4.50. The van der Waals surface area contributed by atoms with Gasteiger partial charge in [-0.1, -0.05) is 78.9 Å². The summed E-state index contributed by atoms with van der Waals surface area (Å²) in [6.45, 7) is 0. The number of hydrogen-bond acceptors (Lipinski definition) is 3. The van der Waals surface area contributed by atoms with Crippen molar-refractivity contribution in [3.05, 3.63) is 102 Å². The molecule has 1 aliphatic rings. The highest BCUT2D eigenvalue weighted by Crippen LogP contribution is 2.35. The molecule has 0 radical (unpaired) electrons. The topological polar surface area (TPSA) is 18.8 Å². The number of para-hydroxylation sites is 1. The van der Waals surface area contributed by atoms with Crippen molar-refractivity contribution in [1.82, 2.24) is 4.90 Å². The van der Waals surface area contributed by atoms with Crippen LogP contribution in [0.3, 0.4) is 0 Å². The zero-order valence-electron chi connectivity index (χ0n) is 13.6. The van der Waals surface area contributed by atoms with Gasteiger partial charge < -0.3 is 4.90 Å². The van der Waals surface area contributed by atoms with Crippen LogP contribution < -0.4 is 5.01 Å². The lowest BCUT2D eigenvalue weighted by Crippen LogP contribution is -2.32. The van der Waals surface area contributed by atoms with E-state index in [2.05, 4.69) is 65.5 Å². The molecule has 3 heteroatoms. The minimum Gasteiger partial charge on any atom is -0.332 e. The zero-order chi connectivity index (χ0) is 16.4. The molecule has 0 fully saturated rings. The van der Waals surface area contributed by atoms with Gasteiger partial charge in [-0.25, -0.2) is 5.01 Å². The average Bonchev–Trinajstić information content (AvgIpc) is 3.01. The van der Waals surface area contributed by atoms with Gasteiger partial charge in [0.05, 0.1) is 5.69 Å². The minimum absolute atomic E-state index is 0.0452. The first kappa shape index (κ1) is 14.5. The number of hydrogen-bond donors (Lipinski definition) is 0. The Labute approximate surface area is 142 Å². The normalized spacial score (nSPS) is 17.0. The lowest BCUT2D eigenvalue weighted by atomic mass is 10.1. The molecule has 0 saturated heterocycles. The van der Waals surface area contributed by atoms with E-state index in [4.69, 9.17) is 5.10 Å². The molecule has 3 nitrogen and oxygen atoms in total. The van der Waals surface area contributed by atoms with E-state index < -0.39 is 0 Å². The van der Waals surface area contributed by atoms with Crippen molar-refractivity contribution >= 4 is 11.5 Å². The molecule has 0 bridgehead atoms. The van der Waals surface area contributed by atoms with Crippen LogP contribution in [0.4, 0.5) is 5.69 Å². The fourth-order valence-corrected chi connectivity index (χ4v) is 3.13. The van der Waals surface area contributed by atoms with E-state index in [1.54, 1.807) is 0 Å². The van der Waals surface area contributed by atoms with Crippen molar-refractivity contribution in [3.8, 4) is 0 Å². The van der Waals surface area contributed by atoms with Crippen molar-refractivity contribution in [1.29, 1.82) is 0 Å². The van der Waals surface area contributed by atoms with Crippen LogP contribution in [0, 0.1) is 0 Å². The van der Waals surface area contributed by atoms with Gasteiger partial charge in [0.2, 0.25) is 0 Å². The van der Waals surface area contributed by atoms with Crippen LogP contribution in [0.2, 0.25) is 0 Å². The van der Waals surface area contributed by atoms with Crippen LogP contribution in [0.1, 0.15) is 17.3 Å². The van der Waals surface area contributed by atoms with Crippen LogP contribution in [0.25, 0.3) is 0 Å². The highest BCUT2D eigenvalue weighted by atomic mass is 15.6. The maximum atomic E-state index is 4.94. The fraction of sp³-hybridized carbons (Fsp3) is 0.0952. The van der Waals surface area contributed by atoms with Gasteiger partial charge >= 0.3 is 0 Å². The van der Waals surface area contributed by atoms with Gasteiger partial charge in [0, 0.05) is 12.6 Å². The summed E-state index contributed by atoms with van der Waals surface area (Å²) in [6, 6.07) is 31.2. The van der Waals surface area contributed by atoms with E-state index in [1.165, 1.54) is 5.56 Å². The third kappa shape index (κ3) is 2.54. The third-order valence-corrected chi connectivity index (χ3v) is 4.29. The Bertz CT molecular complexity index is 829. The number of anilines is 1. The molecule has 1 unspecified atom stereocenters. The Morgan fingerprint density at radius 1 is 0.708 bits per heavy atom. The molecule has 0 amide bonds. The van der Waals surface area contributed by atoms with Gasteiger partial charge in [-0.2, -0.15) is 5.10 Å². The molecule has 1 heterocycles. The van der Waals surface area contributed by atoms with Crippen molar-refractivity contribution in [2.24, 2.45) is 5.10 Å². The molecule has 3 aromatic rings. The van der Waals surface area contributed by atoms with E-state index in [1.807, 2.05) is 42.5 Å². The summed E-state index contributed by atoms with van der Waals surface area (Å²) >= 11 is 0. The molecule has 3 aromatic carbocycles. The number of hydrazone groups is 1. The molecule has 118 valence electrons. The molecule has 24 heavy (non-hydrogen) atoms. The van der Waals surface area contributed by atoms with E-state index in [-0.39, 0.29) is 6.17 Å². The smallest absolute Gasteiger partial charge is 0.158 e. The standard InChI is InChI=1S/C21H19N3/c1-23-20(17-11-5-2-6-12-17)22-24(19-15-9-4-10-16-19)21(23)18-13-7-3-8-14-18/h2-16,21H,1H3. The van der Waals surface area contributed by atoms with Gasteiger partial charge in [-0.3, -0.25) is 0 Å². The summed E-state index contributed by atoms with van der Waals surface area (Å²) in [5.41, 5.74) is 3.43. The molecular weight excluding hydrogens is 294 g/mol.